The Kier molecular flexibility index (Phi) is 14.4. The molecule has 16 rings (SSSR count). The van der Waals surface area contributed by atoms with Crippen molar-refractivity contribution in [2.45, 2.75) is 12.0 Å². The molecule has 2 atom stereocenters. The second-order valence-electron chi connectivity index (χ2n) is 23.5. The number of allylic oxidation sites excluding steroid dienone is 1. The summed E-state index contributed by atoms with van der Waals surface area (Å²) < 4.78 is 2.39. The second-order valence-corrected chi connectivity index (χ2v) is 23.5. The molecule has 2 unspecified atom stereocenters. The number of para-hydroxylation sites is 8. The van der Waals surface area contributed by atoms with Gasteiger partial charge in [0.1, 0.15) is 0 Å². The minimum Gasteiger partial charge on any atom is -0.399 e. The molecular weight excluding hydrogens is 1130 g/mol. The van der Waals surface area contributed by atoms with Crippen LogP contribution >= 0.6 is 0 Å². The van der Waals surface area contributed by atoms with Crippen LogP contribution < -0.4 is 30.2 Å². The monoisotopic (exact) mass is 1190 g/mol. The first kappa shape index (κ1) is 55.7. The van der Waals surface area contributed by atoms with Gasteiger partial charge in [-0.15, -0.1) is 0 Å². The Morgan fingerprint density at radius 3 is 1.12 bits per heavy atom. The van der Waals surface area contributed by atoms with Gasteiger partial charge < -0.3 is 34.8 Å². The molecule has 0 bridgehead atoms. The number of nitrogen functional groups attached to an aromatic ring is 1. The van der Waals surface area contributed by atoms with Gasteiger partial charge in [-0.25, -0.2) is 0 Å². The summed E-state index contributed by atoms with van der Waals surface area (Å²) in [5.74, 6) is -0.114. The number of fused-ring (bicyclic) bond motifs is 6. The lowest BCUT2D eigenvalue weighted by Gasteiger charge is -2.34. The fourth-order valence-corrected chi connectivity index (χ4v) is 13.9. The Morgan fingerprint density at radius 1 is 0.333 bits per heavy atom. The zero-order valence-corrected chi connectivity index (χ0v) is 50.8. The van der Waals surface area contributed by atoms with Crippen LogP contribution in [-0.4, -0.2) is 10.6 Å². The molecule has 8 nitrogen and oxygen atoms in total. The molecule has 1 aliphatic carbocycles. The Labute approximate surface area is 542 Å². The lowest BCUT2D eigenvalue weighted by molar-refractivity contribution is 0.736. The van der Waals surface area contributed by atoms with Gasteiger partial charge in [-0.05, 0) is 200 Å². The maximum atomic E-state index is 11.0. The number of anilines is 14. The average Bonchev–Trinajstić information content (AvgIpc) is 1.98. The Bertz CT molecular complexity index is 4830. The summed E-state index contributed by atoms with van der Waals surface area (Å²) in [5, 5.41) is 13.1. The molecule has 2 heterocycles. The molecule has 0 saturated carbocycles. The molecule has 13 aromatic carbocycles. The van der Waals surface area contributed by atoms with Gasteiger partial charge in [0, 0.05) is 113 Å². The van der Waals surface area contributed by atoms with Gasteiger partial charge in [0.25, 0.3) is 0 Å². The Hall–Kier alpha value is -12.6. The van der Waals surface area contributed by atoms with E-state index in [0.29, 0.717) is 11.3 Å². The summed E-state index contributed by atoms with van der Waals surface area (Å²) in [6, 6.07) is 120. The van der Waals surface area contributed by atoms with Crippen molar-refractivity contribution in [1.82, 2.24) is 4.57 Å². The Balaban J connectivity index is 0.913. The standard InChI is InChI=1S/C85H62N8/c86-59-60-41-47-80(92-82-49-43-70(88(62-25-9-1-10-26-62)63-27-11-2-12-28-63)55-76(82)77-56-71(44-50-83(77)92)89(64-29-13-3-14-30-64)65-31-15-4-16-32-65)74(53-60)75-54-61(87)42-48-81(75)93-84-51-45-72(90(66-33-17-5-18-34-66)67-35-19-6-20-36-67)57-78(84)79-58-73(46-52-85(79)93)91(68-37-21-7-22-38-68)69-39-23-8-24-40-69/h1-58,78,84H,87H2. The third-order valence-corrected chi connectivity index (χ3v) is 17.9. The van der Waals surface area contributed by atoms with E-state index in [0.717, 1.165) is 118 Å². The van der Waals surface area contributed by atoms with Gasteiger partial charge in [-0.2, -0.15) is 5.26 Å². The highest BCUT2D eigenvalue weighted by molar-refractivity contribution is 6.13. The molecule has 0 spiro atoms. The van der Waals surface area contributed by atoms with Crippen LogP contribution in [0.4, 0.5) is 79.6 Å². The average molecular weight is 1200 g/mol. The van der Waals surface area contributed by atoms with Crippen LogP contribution in [0.5, 0.6) is 0 Å². The molecule has 1 aliphatic heterocycles. The molecule has 442 valence electrons. The summed E-state index contributed by atoms with van der Waals surface area (Å²) >= 11 is 0. The number of benzene rings is 13. The molecule has 93 heavy (non-hydrogen) atoms. The number of rotatable bonds is 15. The third kappa shape index (κ3) is 10.3. The number of hydrogen-bond acceptors (Lipinski definition) is 7. The highest BCUT2D eigenvalue weighted by atomic mass is 15.2. The molecule has 2 aliphatic rings. The van der Waals surface area contributed by atoms with Crippen LogP contribution in [-0.2, 0) is 0 Å². The SMILES string of the molecule is N#Cc1ccc(-n2c3ccc(N(c4ccccc4)c4ccccc4)cc3c3cc(N(c4ccccc4)c4ccccc4)ccc32)c(-c2cc(N)ccc2N2c3ccc(N(c4ccccc4)c4ccccc4)cc3C3C=C(N(c4ccccc4)c4ccccc4)C=CC32)c1. The highest BCUT2D eigenvalue weighted by Gasteiger charge is 2.41. The van der Waals surface area contributed by atoms with Crippen LogP contribution in [0.1, 0.15) is 17.0 Å². The van der Waals surface area contributed by atoms with E-state index in [2.05, 4.69) is 375 Å². The van der Waals surface area contributed by atoms with Gasteiger partial charge in [0.05, 0.1) is 34.4 Å². The first-order valence-electron chi connectivity index (χ1n) is 31.5. The van der Waals surface area contributed by atoms with E-state index < -0.39 is 0 Å². The van der Waals surface area contributed by atoms with Gasteiger partial charge in [-0.3, -0.25) is 0 Å². The van der Waals surface area contributed by atoms with Gasteiger partial charge in [-0.1, -0.05) is 158 Å². The van der Waals surface area contributed by atoms with E-state index in [9.17, 15) is 5.26 Å². The molecule has 0 saturated heterocycles. The molecule has 1 aromatic heterocycles. The van der Waals surface area contributed by atoms with Crippen molar-refractivity contribution in [2.24, 2.45) is 0 Å². The normalized spacial score (nSPS) is 13.8. The summed E-state index contributed by atoms with van der Waals surface area (Å²) in [6.45, 7) is 0. The number of nitrogens with zero attached hydrogens (tertiary/aromatic N) is 7. The Morgan fingerprint density at radius 2 is 0.699 bits per heavy atom. The third-order valence-electron chi connectivity index (χ3n) is 17.9. The number of aromatic nitrogens is 1. The van der Waals surface area contributed by atoms with E-state index in [1.54, 1.807) is 0 Å². The van der Waals surface area contributed by atoms with Crippen molar-refractivity contribution in [3.05, 3.63) is 369 Å². The number of nitriles is 1. The minimum atomic E-state index is -0.168. The molecule has 0 radical (unpaired) electrons. The topological polar surface area (TPSA) is 70.9 Å². The summed E-state index contributed by atoms with van der Waals surface area (Å²) in [7, 11) is 0. The van der Waals surface area contributed by atoms with E-state index in [-0.39, 0.29) is 12.0 Å². The fourth-order valence-electron chi connectivity index (χ4n) is 13.9. The smallest absolute Gasteiger partial charge is 0.0991 e. The van der Waals surface area contributed by atoms with Crippen molar-refractivity contribution in [3.63, 3.8) is 0 Å². The summed E-state index contributed by atoms with van der Waals surface area (Å²) in [4.78, 5) is 11.8. The molecule has 2 N–H and O–H groups in total. The molecule has 14 aromatic rings. The maximum Gasteiger partial charge on any atom is 0.0991 e. The first-order chi connectivity index (χ1) is 46.0. The van der Waals surface area contributed by atoms with E-state index >= 15 is 0 Å². The predicted molar refractivity (Wildman–Crippen MR) is 387 cm³/mol. The predicted octanol–water partition coefficient (Wildman–Crippen LogP) is 22.2. The molecular formula is C85H62N8. The first-order valence-corrected chi connectivity index (χ1v) is 31.5. The molecule has 8 heteroatoms. The summed E-state index contributed by atoms with van der Waals surface area (Å²) in [5.41, 5.74) is 28.7. The number of nitrogens with two attached hydrogens (primary N) is 1. The molecule has 0 fully saturated rings. The van der Waals surface area contributed by atoms with Crippen molar-refractivity contribution < 1.29 is 0 Å². The van der Waals surface area contributed by atoms with Gasteiger partial charge >= 0.3 is 0 Å². The van der Waals surface area contributed by atoms with Gasteiger partial charge in [0.15, 0.2) is 0 Å². The number of hydrogen-bond donors (Lipinski definition) is 1. The maximum absolute atomic E-state index is 11.0. The van der Waals surface area contributed by atoms with E-state index in [1.165, 1.54) is 5.56 Å². The minimum absolute atomic E-state index is 0.114. The van der Waals surface area contributed by atoms with Crippen molar-refractivity contribution in [2.75, 3.05) is 30.2 Å². The van der Waals surface area contributed by atoms with Crippen molar-refractivity contribution in [3.8, 4) is 22.9 Å². The summed E-state index contributed by atoms with van der Waals surface area (Å²) in [6.07, 6.45) is 7.12. The lowest BCUT2D eigenvalue weighted by atomic mass is 9.89. The van der Waals surface area contributed by atoms with E-state index in [4.69, 9.17) is 5.73 Å². The van der Waals surface area contributed by atoms with E-state index in [1.807, 2.05) is 12.1 Å². The molecule has 0 amide bonds. The van der Waals surface area contributed by atoms with Crippen LogP contribution in [0.15, 0.2) is 358 Å². The quantitative estimate of drug-likeness (QED) is 0.103. The fraction of sp³-hybridized carbons (Fsp3) is 0.0235. The second kappa shape index (κ2) is 24.1. The highest BCUT2D eigenvalue weighted by Crippen LogP contribution is 2.55. The van der Waals surface area contributed by atoms with Crippen LogP contribution in [0, 0.1) is 11.3 Å². The van der Waals surface area contributed by atoms with Crippen molar-refractivity contribution >= 4 is 101 Å². The zero-order valence-electron chi connectivity index (χ0n) is 50.8. The lowest BCUT2D eigenvalue weighted by Crippen LogP contribution is -2.31. The van der Waals surface area contributed by atoms with Crippen LogP contribution in [0.2, 0.25) is 0 Å². The van der Waals surface area contributed by atoms with Crippen LogP contribution in [0.3, 0.4) is 0 Å². The van der Waals surface area contributed by atoms with Crippen LogP contribution in [0.25, 0.3) is 38.6 Å². The largest absolute Gasteiger partial charge is 0.399 e. The van der Waals surface area contributed by atoms with Gasteiger partial charge in [0.2, 0.25) is 0 Å². The van der Waals surface area contributed by atoms with Crippen molar-refractivity contribution in [1.29, 1.82) is 5.26 Å². The zero-order chi connectivity index (χ0) is 62.2.